The van der Waals surface area contributed by atoms with E-state index in [1.165, 1.54) is 19.2 Å². The van der Waals surface area contributed by atoms with E-state index < -0.39 is 66.7 Å². The molecule has 8 atom stereocenters. The predicted molar refractivity (Wildman–Crippen MR) is 127 cm³/mol. The Morgan fingerprint density at radius 3 is 2.41 bits per heavy atom. The molecular formula is C25H38O12. The van der Waals surface area contributed by atoms with E-state index in [0.717, 1.165) is 0 Å². The monoisotopic (exact) mass is 530 g/mol. The van der Waals surface area contributed by atoms with Crippen molar-refractivity contribution in [3.63, 3.8) is 0 Å². The molecule has 0 amide bonds. The van der Waals surface area contributed by atoms with Crippen LogP contribution in [-0.4, -0.2) is 110 Å². The summed E-state index contributed by atoms with van der Waals surface area (Å²) in [7, 11) is 1.19. The highest BCUT2D eigenvalue weighted by Gasteiger charge is 2.47. The summed E-state index contributed by atoms with van der Waals surface area (Å²) < 4.78 is 22.1. The lowest BCUT2D eigenvalue weighted by molar-refractivity contribution is -0.277. The van der Waals surface area contributed by atoms with Crippen LogP contribution in [0, 0.1) is 0 Å². The fraction of sp³-hybridized carbons (Fsp3) is 0.720. The Morgan fingerprint density at radius 2 is 1.84 bits per heavy atom. The van der Waals surface area contributed by atoms with Crippen molar-refractivity contribution in [1.29, 1.82) is 0 Å². The number of aliphatic hydroxyl groups is 6. The van der Waals surface area contributed by atoms with Crippen LogP contribution in [0.2, 0.25) is 0 Å². The van der Waals surface area contributed by atoms with E-state index in [9.17, 15) is 40.5 Å². The molecule has 3 rings (SSSR count). The molecule has 0 spiro atoms. The summed E-state index contributed by atoms with van der Waals surface area (Å²) in [5.41, 5.74) is -1.77. The summed E-state index contributed by atoms with van der Waals surface area (Å²) in [4.78, 5) is 12.1. The largest absolute Gasteiger partial charge is 0.508 e. The number of hydrogen-bond acceptors (Lipinski definition) is 12. The van der Waals surface area contributed by atoms with Gasteiger partial charge in [0.05, 0.1) is 43.5 Å². The lowest BCUT2D eigenvalue weighted by atomic mass is 9.89. The van der Waals surface area contributed by atoms with Gasteiger partial charge in [0.25, 0.3) is 0 Å². The molecule has 0 unspecified atom stereocenters. The van der Waals surface area contributed by atoms with Gasteiger partial charge in [0, 0.05) is 17.5 Å². The van der Waals surface area contributed by atoms with Crippen molar-refractivity contribution in [2.75, 3.05) is 13.7 Å². The van der Waals surface area contributed by atoms with Crippen molar-refractivity contribution in [3.8, 4) is 11.5 Å². The number of aliphatic hydroxyl groups excluding tert-OH is 5. The lowest BCUT2D eigenvalue weighted by Crippen LogP contribution is -2.60. The molecule has 37 heavy (non-hydrogen) atoms. The maximum Gasteiger partial charge on any atom is 0.310 e. The molecule has 0 aromatic heterocycles. The Balaban J connectivity index is 1.95. The highest BCUT2D eigenvalue weighted by Crippen LogP contribution is 2.40. The first-order valence-electron chi connectivity index (χ1n) is 12.2. The van der Waals surface area contributed by atoms with Gasteiger partial charge in [-0.3, -0.25) is 4.79 Å². The zero-order chi connectivity index (χ0) is 27.7. The molecule has 1 aromatic carbocycles. The number of methoxy groups -OCH3 is 1. The number of ether oxygens (including phenoxy) is 4. The third-order valence-electron chi connectivity index (χ3n) is 7.09. The zero-order valence-corrected chi connectivity index (χ0v) is 21.4. The van der Waals surface area contributed by atoms with Gasteiger partial charge in [-0.25, -0.2) is 0 Å². The van der Waals surface area contributed by atoms with E-state index in [-0.39, 0.29) is 35.5 Å². The molecular weight excluding hydrogens is 492 g/mol. The first-order valence-corrected chi connectivity index (χ1v) is 12.2. The maximum atomic E-state index is 12.1. The van der Waals surface area contributed by atoms with E-state index in [1.807, 2.05) is 0 Å². The maximum absolute atomic E-state index is 12.1. The van der Waals surface area contributed by atoms with Crippen molar-refractivity contribution in [2.45, 2.75) is 101 Å². The first-order chi connectivity index (χ1) is 17.2. The molecule has 0 bridgehead atoms. The number of carbonyl (C=O) groups is 1. The third kappa shape index (κ3) is 6.52. The van der Waals surface area contributed by atoms with Gasteiger partial charge in [0.2, 0.25) is 6.29 Å². The average Bonchev–Trinajstić information content (AvgIpc) is 3.25. The predicted octanol–water partition coefficient (Wildman–Crippen LogP) is -1.10. The van der Waals surface area contributed by atoms with Crippen molar-refractivity contribution in [3.05, 3.63) is 23.3 Å². The fourth-order valence-corrected chi connectivity index (χ4v) is 4.71. The summed E-state index contributed by atoms with van der Waals surface area (Å²) in [6.07, 6.45) is -8.96. The molecule has 210 valence electrons. The van der Waals surface area contributed by atoms with Crippen LogP contribution in [0.15, 0.2) is 12.1 Å². The summed E-state index contributed by atoms with van der Waals surface area (Å²) in [5.74, 6) is -0.906. The fourth-order valence-electron chi connectivity index (χ4n) is 4.71. The van der Waals surface area contributed by atoms with Crippen LogP contribution >= 0.6 is 0 Å². The van der Waals surface area contributed by atoms with Gasteiger partial charge in [-0.2, -0.15) is 0 Å². The van der Waals surface area contributed by atoms with Crippen LogP contribution in [0.4, 0.5) is 0 Å². The number of rotatable bonds is 9. The van der Waals surface area contributed by atoms with Crippen molar-refractivity contribution >= 4 is 5.97 Å². The summed E-state index contributed by atoms with van der Waals surface area (Å²) in [5, 5.41) is 72.1. The van der Waals surface area contributed by atoms with E-state index >= 15 is 0 Å². The van der Waals surface area contributed by atoms with Gasteiger partial charge in [0.15, 0.2) is 0 Å². The standard InChI is InChI=1S/C25H38O12/c1-24(2,33)17-5-6-25(3,37-17)16(28)9-12-7-14(27)8-13(10-18(29)34-4)22(12)36-23-21(32)20(31)19(30)15(11-26)35-23/h7-8,15-17,19-21,23,26-28,30-33H,5-6,9-11H2,1-4H3/t15-,16+,17+,19-,20+,21-,23+,25+/m1/s1. The quantitative estimate of drug-likeness (QED) is 0.191. The van der Waals surface area contributed by atoms with Crippen LogP contribution in [0.3, 0.4) is 0 Å². The van der Waals surface area contributed by atoms with Crippen LogP contribution in [0.5, 0.6) is 11.5 Å². The zero-order valence-electron chi connectivity index (χ0n) is 21.4. The Hall–Kier alpha value is -2.03. The van der Waals surface area contributed by atoms with Crippen LogP contribution < -0.4 is 4.74 Å². The minimum atomic E-state index is -1.72. The molecule has 2 aliphatic heterocycles. The van der Waals surface area contributed by atoms with Crippen molar-refractivity contribution in [2.24, 2.45) is 0 Å². The van der Waals surface area contributed by atoms with Gasteiger partial charge in [-0.1, -0.05) is 0 Å². The minimum absolute atomic E-state index is 0.0211. The minimum Gasteiger partial charge on any atom is -0.508 e. The number of phenols is 1. The van der Waals surface area contributed by atoms with E-state index in [0.29, 0.717) is 12.8 Å². The Labute approximate surface area is 215 Å². The second-order valence-electron chi connectivity index (χ2n) is 10.5. The van der Waals surface area contributed by atoms with Crippen molar-refractivity contribution < 1.29 is 59.5 Å². The van der Waals surface area contributed by atoms with Gasteiger partial charge >= 0.3 is 5.97 Å². The summed E-state index contributed by atoms with van der Waals surface area (Å²) in [6.45, 7) is 4.28. The van der Waals surface area contributed by atoms with Crippen LogP contribution in [0.1, 0.15) is 44.7 Å². The molecule has 12 heteroatoms. The average molecular weight is 531 g/mol. The number of phenolic OH excluding ortho intramolecular Hbond substituents is 1. The second-order valence-corrected chi connectivity index (χ2v) is 10.5. The second kappa shape index (κ2) is 11.4. The SMILES string of the molecule is COC(=O)Cc1cc(O)cc(C[C@H](O)[C@]2(C)CC[C@@H](C(C)(C)O)O2)c1O[C@@H]1O[C@H](CO)[C@@H](O)[C@H](O)[C@H]1O. The van der Waals surface area contributed by atoms with E-state index in [2.05, 4.69) is 0 Å². The smallest absolute Gasteiger partial charge is 0.310 e. The molecule has 0 saturated carbocycles. The molecule has 0 radical (unpaired) electrons. The number of benzene rings is 1. The molecule has 2 fully saturated rings. The van der Waals surface area contributed by atoms with E-state index in [4.69, 9.17) is 18.9 Å². The van der Waals surface area contributed by atoms with Gasteiger partial charge in [0.1, 0.15) is 35.9 Å². The molecule has 0 aliphatic carbocycles. The van der Waals surface area contributed by atoms with Gasteiger partial charge < -0.3 is 54.7 Å². The number of esters is 1. The Kier molecular flexibility index (Phi) is 9.08. The number of hydrogen-bond donors (Lipinski definition) is 7. The first kappa shape index (κ1) is 29.5. The van der Waals surface area contributed by atoms with Gasteiger partial charge in [-0.05, 0) is 45.7 Å². The molecule has 2 aliphatic rings. The topological polar surface area (TPSA) is 196 Å². The molecule has 1 aromatic rings. The highest BCUT2D eigenvalue weighted by atomic mass is 16.7. The Morgan fingerprint density at radius 1 is 1.19 bits per heavy atom. The number of aromatic hydroxyl groups is 1. The summed E-state index contributed by atoms with van der Waals surface area (Å²) in [6, 6.07) is 2.57. The third-order valence-corrected chi connectivity index (χ3v) is 7.09. The Bertz CT molecular complexity index is 944. The molecule has 2 heterocycles. The molecule has 2 saturated heterocycles. The van der Waals surface area contributed by atoms with Crippen LogP contribution in [0.25, 0.3) is 0 Å². The van der Waals surface area contributed by atoms with Gasteiger partial charge in [-0.15, -0.1) is 0 Å². The lowest BCUT2D eigenvalue weighted by Gasteiger charge is -2.40. The normalized spacial score (nSPS) is 33.2. The van der Waals surface area contributed by atoms with E-state index in [1.54, 1.807) is 20.8 Å². The molecule has 7 N–H and O–H groups in total. The number of carbonyl (C=O) groups excluding carboxylic acids is 1. The van der Waals surface area contributed by atoms with Crippen LogP contribution in [-0.2, 0) is 31.8 Å². The van der Waals surface area contributed by atoms with Crippen molar-refractivity contribution in [1.82, 2.24) is 0 Å². The summed E-state index contributed by atoms with van der Waals surface area (Å²) >= 11 is 0. The highest BCUT2D eigenvalue weighted by molar-refractivity contribution is 5.74. The molecule has 12 nitrogen and oxygen atoms in total.